The zero-order chi connectivity index (χ0) is 18.4. The number of primary amides is 1. The largest absolute Gasteiger partial charge is 0.468 e. The molecule has 0 aromatic carbocycles. The van der Waals surface area contributed by atoms with Crippen LogP contribution in [-0.2, 0) is 6.54 Å². The van der Waals surface area contributed by atoms with Crippen LogP contribution in [0.15, 0.2) is 44.4 Å². The van der Waals surface area contributed by atoms with E-state index in [9.17, 15) is 4.79 Å². The number of hydrogen-bond acceptors (Lipinski definition) is 5. The number of carbonyl (C=O) groups is 1. The van der Waals surface area contributed by atoms with E-state index < -0.39 is 5.91 Å². The minimum atomic E-state index is -0.578. The number of likely N-dealkylation sites (tertiary alicyclic amines) is 1. The molecule has 1 saturated heterocycles. The number of halogens is 1. The molecule has 1 atom stereocenters. The lowest BCUT2D eigenvalue weighted by atomic mass is 10.2. The third-order valence-corrected chi connectivity index (χ3v) is 4.47. The van der Waals surface area contributed by atoms with E-state index in [2.05, 4.69) is 20.5 Å². The highest BCUT2D eigenvalue weighted by Crippen LogP contribution is 2.24. The van der Waals surface area contributed by atoms with Crippen LogP contribution >= 0.6 is 24.0 Å². The molecule has 148 valence electrons. The number of amides is 1. The summed E-state index contributed by atoms with van der Waals surface area (Å²) < 4.78 is 11.0. The molecule has 27 heavy (non-hydrogen) atoms. The van der Waals surface area contributed by atoms with E-state index in [4.69, 9.17) is 14.6 Å². The molecule has 2 aromatic heterocycles. The SMILES string of the molecule is CN=C(NCc1ccc(C(N)=O)o1)NCC(c1ccco1)N1CCCC1.I. The average molecular weight is 487 g/mol. The number of nitrogens with zero attached hydrogens (tertiary/aromatic N) is 2. The van der Waals surface area contributed by atoms with E-state index in [-0.39, 0.29) is 35.8 Å². The Hall–Kier alpha value is -2.01. The van der Waals surface area contributed by atoms with Crippen molar-refractivity contribution in [2.45, 2.75) is 25.4 Å². The van der Waals surface area contributed by atoms with Crippen LogP contribution in [-0.4, -0.2) is 43.4 Å². The molecule has 1 fully saturated rings. The van der Waals surface area contributed by atoms with Crippen molar-refractivity contribution in [3.05, 3.63) is 47.8 Å². The standard InChI is InChI=1S/C18H25N5O3.HI/c1-20-18(21-11-13-6-7-16(26-13)17(19)24)22-12-14(15-5-4-10-25-15)23-8-2-3-9-23;/h4-7,10,14H,2-3,8-9,11-12H2,1H3,(H2,19,24)(H2,20,21,22);1H. The normalized spacial score (nSPS) is 16.0. The predicted molar refractivity (Wildman–Crippen MR) is 113 cm³/mol. The van der Waals surface area contributed by atoms with Gasteiger partial charge in [0, 0.05) is 13.6 Å². The van der Waals surface area contributed by atoms with Gasteiger partial charge < -0.3 is 25.2 Å². The molecule has 3 rings (SSSR count). The molecular formula is C18H26IN5O3. The molecule has 2 aromatic rings. The first-order valence-electron chi connectivity index (χ1n) is 8.78. The van der Waals surface area contributed by atoms with Gasteiger partial charge in [0.15, 0.2) is 11.7 Å². The summed E-state index contributed by atoms with van der Waals surface area (Å²) in [6.45, 7) is 3.22. The van der Waals surface area contributed by atoms with E-state index in [1.807, 2.05) is 12.1 Å². The maximum Gasteiger partial charge on any atom is 0.284 e. The number of carbonyl (C=O) groups excluding carboxylic acids is 1. The summed E-state index contributed by atoms with van der Waals surface area (Å²) in [6.07, 6.45) is 4.13. The molecule has 1 aliphatic rings. The lowest BCUT2D eigenvalue weighted by Gasteiger charge is -2.26. The van der Waals surface area contributed by atoms with Gasteiger partial charge in [-0.2, -0.15) is 0 Å². The summed E-state index contributed by atoms with van der Waals surface area (Å²) in [5.41, 5.74) is 5.19. The fourth-order valence-electron chi connectivity index (χ4n) is 3.13. The van der Waals surface area contributed by atoms with Gasteiger partial charge in [-0.05, 0) is 50.2 Å². The summed E-state index contributed by atoms with van der Waals surface area (Å²) in [5, 5.41) is 6.51. The van der Waals surface area contributed by atoms with Crippen LogP contribution in [0.25, 0.3) is 0 Å². The molecule has 9 heteroatoms. The van der Waals surface area contributed by atoms with Crippen LogP contribution in [0.1, 0.15) is 41.0 Å². The molecule has 0 bridgehead atoms. The van der Waals surface area contributed by atoms with Gasteiger partial charge in [-0.1, -0.05) is 0 Å². The highest BCUT2D eigenvalue weighted by Gasteiger charge is 2.25. The van der Waals surface area contributed by atoms with Crippen molar-refractivity contribution in [2.24, 2.45) is 10.7 Å². The first kappa shape index (κ1) is 21.3. The second-order valence-electron chi connectivity index (χ2n) is 6.21. The van der Waals surface area contributed by atoms with Gasteiger partial charge in [0.1, 0.15) is 11.5 Å². The number of nitrogens with two attached hydrogens (primary N) is 1. The Morgan fingerprint density at radius 3 is 2.67 bits per heavy atom. The van der Waals surface area contributed by atoms with Crippen molar-refractivity contribution in [1.82, 2.24) is 15.5 Å². The molecular weight excluding hydrogens is 461 g/mol. The second-order valence-corrected chi connectivity index (χ2v) is 6.21. The Morgan fingerprint density at radius 2 is 2.07 bits per heavy atom. The van der Waals surface area contributed by atoms with Gasteiger partial charge in [0.2, 0.25) is 0 Å². The highest BCUT2D eigenvalue weighted by atomic mass is 127. The number of furan rings is 2. The molecule has 0 aliphatic carbocycles. The van der Waals surface area contributed by atoms with E-state index in [1.165, 1.54) is 12.8 Å². The van der Waals surface area contributed by atoms with Crippen molar-refractivity contribution in [2.75, 3.05) is 26.7 Å². The molecule has 3 heterocycles. The number of rotatable bonds is 7. The Balaban J connectivity index is 0.00000261. The van der Waals surface area contributed by atoms with Crippen molar-refractivity contribution in [3.63, 3.8) is 0 Å². The average Bonchev–Trinajstić information content (AvgIpc) is 3.40. The van der Waals surface area contributed by atoms with Gasteiger partial charge in [0.05, 0.1) is 18.8 Å². The van der Waals surface area contributed by atoms with Crippen LogP contribution in [0.4, 0.5) is 0 Å². The predicted octanol–water partition coefficient (Wildman–Crippen LogP) is 2.09. The van der Waals surface area contributed by atoms with E-state index >= 15 is 0 Å². The summed E-state index contributed by atoms with van der Waals surface area (Å²) in [5.74, 6) is 1.79. The zero-order valence-electron chi connectivity index (χ0n) is 15.3. The first-order chi connectivity index (χ1) is 12.7. The number of nitrogens with one attached hydrogen (secondary N) is 2. The van der Waals surface area contributed by atoms with Crippen molar-refractivity contribution in [1.29, 1.82) is 0 Å². The molecule has 4 N–H and O–H groups in total. The van der Waals surface area contributed by atoms with Gasteiger partial charge in [-0.3, -0.25) is 14.7 Å². The minimum Gasteiger partial charge on any atom is -0.468 e. The van der Waals surface area contributed by atoms with Gasteiger partial charge in [-0.25, -0.2) is 0 Å². The first-order valence-corrected chi connectivity index (χ1v) is 8.78. The monoisotopic (exact) mass is 487 g/mol. The second kappa shape index (κ2) is 10.4. The third-order valence-electron chi connectivity index (χ3n) is 4.47. The Morgan fingerprint density at radius 1 is 1.30 bits per heavy atom. The summed E-state index contributed by atoms with van der Waals surface area (Å²) in [7, 11) is 1.71. The molecule has 1 amide bonds. The molecule has 1 unspecified atom stereocenters. The summed E-state index contributed by atoms with van der Waals surface area (Å²) in [4.78, 5) is 17.7. The zero-order valence-corrected chi connectivity index (χ0v) is 17.6. The van der Waals surface area contributed by atoms with Crippen molar-refractivity contribution < 1.29 is 13.6 Å². The smallest absolute Gasteiger partial charge is 0.284 e. The Kier molecular flexibility index (Phi) is 8.17. The van der Waals surface area contributed by atoms with Gasteiger partial charge in [-0.15, -0.1) is 24.0 Å². The number of aliphatic imine (C=N–C) groups is 1. The molecule has 0 spiro atoms. The molecule has 0 saturated carbocycles. The summed E-state index contributed by atoms with van der Waals surface area (Å²) in [6, 6.07) is 7.37. The lowest BCUT2D eigenvalue weighted by molar-refractivity contribution is 0.0972. The minimum absolute atomic E-state index is 0. The maximum absolute atomic E-state index is 11.1. The summed E-state index contributed by atoms with van der Waals surface area (Å²) >= 11 is 0. The van der Waals surface area contributed by atoms with Crippen molar-refractivity contribution in [3.8, 4) is 0 Å². The Bertz CT molecular complexity index is 738. The number of guanidine groups is 1. The fraction of sp³-hybridized carbons (Fsp3) is 0.444. The quantitative estimate of drug-likeness (QED) is 0.314. The van der Waals surface area contributed by atoms with Crippen LogP contribution in [0.3, 0.4) is 0 Å². The lowest BCUT2D eigenvalue weighted by Crippen LogP contribution is -2.42. The maximum atomic E-state index is 11.1. The van der Waals surface area contributed by atoms with Crippen molar-refractivity contribution >= 4 is 35.8 Å². The number of hydrogen-bond donors (Lipinski definition) is 3. The highest BCUT2D eigenvalue weighted by molar-refractivity contribution is 14.0. The molecule has 8 nitrogen and oxygen atoms in total. The van der Waals surface area contributed by atoms with Gasteiger partial charge in [0.25, 0.3) is 5.91 Å². The Labute approximate surface area is 175 Å². The van der Waals surface area contributed by atoms with Crippen LogP contribution in [0.5, 0.6) is 0 Å². The van der Waals surface area contributed by atoms with E-state index in [0.717, 1.165) is 18.8 Å². The van der Waals surface area contributed by atoms with Crippen LogP contribution in [0.2, 0.25) is 0 Å². The van der Waals surface area contributed by atoms with E-state index in [0.29, 0.717) is 24.8 Å². The van der Waals surface area contributed by atoms with E-state index in [1.54, 1.807) is 25.4 Å². The molecule has 0 radical (unpaired) electrons. The van der Waals surface area contributed by atoms with Crippen LogP contribution in [0, 0.1) is 0 Å². The topological polar surface area (TPSA) is 109 Å². The van der Waals surface area contributed by atoms with Gasteiger partial charge >= 0.3 is 0 Å². The third kappa shape index (κ3) is 5.73. The molecule has 1 aliphatic heterocycles. The van der Waals surface area contributed by atoms with Crippen LogP contribution < -0.4 is 16.4 Å². The fourth-order valence-corrected chi connectivity index (χ4v) is 3.13.